The van der Waals surface area contributed by atoms with Crippen LogP contribution in [-0.4, -0.2) is 23.5 Å². The minimum absolute atomic E-state index is 0.174. The molecule has 1 aliphatic heterocycles. The van der Waals surface area contributed by atoms with E-state index >= 15 is 0 Å². The molecule has 0 spiro atoms. The van der Waals surface area contributed by atoms with Crippen molar-refractivity contribution in [3.8, 4) is 0 Å². The summed E-state index contributed by atoms with van der Waals surface area (Å²) in [6, 6.07) is 8.98. The third-order valence-corrected chi connectivity index (χ3v) is 5.19. The van der Waals surface area contributed by atoms with Gasteiger partial charge in [0.05, 0.1) is 0 Å². The summed E-state index contributed by atoms with van der Waals surface area (Å²) in [6.07, 6.45) is 7.95. The van der Waals surface area contributed by atoms with Gasteiger partial charge in [0.2, 0.25) is 0 Å². The molecule has 2 heteroatoms. The van der Waals surface area contributed by atoms with Crippen LogP contribution < -0.4 is 5.73 Å². The van der Waals surface area contributed by atoms with E-state index in [4.69, 9.17) is 5.73 Å². The average molecular weight is 258 g/mol. The molecule has 2 nitrogen and oxygen atoms in total. The molecule has 0 radical (unpaired) electrons. The summed E-state index contributed by atoms with van der Waals surface area (Å²) < 4.78 is 0. The van der Waals surface area contributed by atoms with Crippen molar-refractivity contribution in [3.63, 3.8) is 0 Å². The smallest absolute Gasteiger partial charge is 0.0482 e. The van der Waals surface area contributed by atoms with Gasteiger partial charge in [-0.1, -0.05) is 42.7 Å². The zero-order valence-electron chi connectivity index (χ0n) is 12.1. The van der Waals surface area contributed by atoms with E-state index in [-0.39, 0.29) is 11.6 Å². The molecule has 1 aromatic rings. The quantitative estimate of drug-likeness (QED) is 0.900. The fraction of sp³-hybridized carbons (Fsp3) is 0.647. The van der Waals surface area contributed by atoms with E-state index in [2.05, 4.69) is 36.1 Å². The third kappa shape index (κ3) is 2.32. The van der Waals surface area contributed by atoms with Gasteiger partial charge >= 0.3 is 0 Å². The van der Waals surface area contributed by atoms with Gasteiger partial charge in [0.1, 0.15) is 0 Å². The van der Waals surface area contributed by atoms with Gasteiger partial charge in [0.15, 0.2) is 0 Å². The van der Waals surface area contributed by atoms with E-state index in [1.807, 2.05) is 0 Å². The number of hydrogen-bond acceptors (Lipinski definition) is 2. The highest BCUT2D eigenvalue weighted by Gasteiger charge is 2.45. The van der Waals surface area contributed by atoms with Crippen LogP contribution in [0.25, 0.3) is 0 Å². The number of nitrogens with zero attached hydrogens (tertiary/aromatic N) is 1. The minimum Gasteiger partial charge on any atom is -0.322 e. The van der Waals surface area contributed by atoms with Gasteiger partial charge in [0.25, 0.3) is 0 Å². The van der Waals surface area contributed by atoms with Crippen molar-refractivity contribution in [3.05, 3.63) is 35.4 Å². The normalized spacial score (nSPS) is 24.7. The van der Waals surface area contributed by atoms with Crippen LogP contribution in [0.15, 0.2) is 24.3 Å². The molecular formula is C17H26N2. The van der Waals surface area contributed by atoms with Crippen molar-refractivity contribution in [2.75, 3.05) is 13.1 Å². The highest BCUT2D eigenvalue weighted by Crippen LogP contribution is 2.44. The Labute approximate surface area is 117 Å². The van der Waals surface area contributed by atoms with Crippen molar-refractivity contribution < 1.29 is 0 Å². The van der Waals surface area contributed by atoms with Crippen LogP contribution in [-0.2, 0) is 0 Å². The van der Waals surface area contributed by atoms with E-state index in [1.165, 1.54) is 62.7 Å². The first kappa shape index (κ1) is 13.1. The Morgan fingerprint density at radius 1 is 1.11 bits per heavy atom. The van der Waals surface area contributed by atoms with Crippen LogP contribution in [0.2, 0.25) is 0 Å². The van der Waals surface area contributed by atoms with Crippen molar-refractivity contribution in [2.24, 2.45) is 5.73 Å². The van der Waals surface area contributed by atoms with Gasteiger partial charge in [-0.3, -0.25) is 4.90 Å². The Morgan fingerprint density at radius 3 is 2.42 bits per heavy atom. The van der Waals surface area contributed by atoms with Crippen molar-refractivity contribution in [2.45, 2.75) is 57.0 Å². The van der Waals surface area contributed by atoms with Crippen LogP contribution in [0.5, 0.6) is 0 Å². The Hall–Kier alpha value is -0.860. The molecule has 1 heterocycles. The summed E-state index contributed by atoms with van der Waals surface area (Å²) in [5.74, 6) is 0. The summed E-state index contributed by atoms with van der Waals surface area (Å²) in [6.45, 7) is 4.66. The predicted molar refractivity (Wildman–Crippen MR) is 80.1 cm³/mol. The lowest BCUT2D eigenvalue weighted by Gasteiger charge is -2.43. The molecule has 19 heavy (non-hydrogen) atoms. The second-order valence-corrected chi connectivity index (χ2v) is 6.40. The molecule has 2 N–H and O–H groups in total. The lowest BCUT2D eigenvalue weighted by atomic mass is 9.82. The highest BCUT2D eigenvalue weighted by atomic mass is 15.2. The van der Waals surface area contributed by atoms with Gasteiger partial charge < -0.3 is 5.73 Å². The monoisotopic (exact) mass is 258 g/mol. The molecule has 2 aliphatic rings. The number of likely N-dealkylation sites (tertiary alicyclic amines) is 1. The number of aryl methyl sites for hydroxylation is 1. The summed E-state index contributed by atoms with van der Waals surface area (Å²) in [7, 11) is 0. The molecule has 1 saturated carbocycles. The van der Waals surface area contributed by atoms with Gasteiger partial charge in [-0.25, -0.2) is 0 Å². The van der Waals surface area contributed by atoms with Crippen molar-refractivity contribution >= 4 is 0 Å². The molecule has 1 saturated heterocycles. The molecule has 3 rings (SSSR count). The molecule has 2 fully saturated rings. The molecule has 0 aromatic heterocycles. The lowest BCUT2D eigenvalue weighted by molar-refractivity contribution is 0.0922. The first-order valence-electron chi connectivity index (χ1n) is 7.80. The lowest BCUT2D eigenvalue weighted by Crippen LogP contribution is -2.52. The maximum absolute atomic E-state index is 6.74. The molecule has 1 aromatic carbocycles. The summed E-state index contributed by atoms with van der Waals surface area (Å²) in [5.41, 5.74) is 9.63. The van der Waals surface area contributed by atoms with Gasteiger partial charge in [-0.15, -0.1) is 0 Å². The zero-order valence-corrected chi connectivity index (χ0v) is 12.1. The van der Waals surface area contributed by atoms with Crippen LogP contribution in [0.4, 0.5) is 0 Å². The van der Waals surface area contributed by atoms with Crippen LogP contribution >= 0.6 is 0 Å². The van der Waals surface area contributed by atoms with Crippen molar-refractivity contribution in [1.29, 1.82) is 0 Å². The number of rotatable bonds is 3. The van der Waals surface area contributed by atoms with Crippen LogP contribution in [0.1, 0.15) is 55.7 Å². The Morgan fingerprint density at radius 2 is 1.79 bits per heavy atom. The van der Waals surface area contributed by atoms with Gasteiger partial charge in [-0.05, 0) is 51.3 Å². The number of nitrogens with two attached hydrogens (primary N) is 1. The first-order chi connectivity index (χ1) is 9.22. The van der Waals surface area contributed by atoms with Crippen LogP contribution in [0, 0.1) is 6.92 Å². The number of benzene rings is 1. The molecule has 104 valence electrons. The molecular weight excluding hydrogens is 232 g/mol. The Kier molecular flexibility index (Phi) is 3.64. The molecule has 0 amide bonds. The first-order valence-corrected chi connectivity index (χ1v) is 7.80. The van der Waals surface area contributed by atoms with Gasteiger partial charge in [0, 0.05) is 11.6 Å². The summed E-state index contributed by atoms with van der Waals surface area (Å²) in [4.78, 5) is 2.70. The summed E-state index contributed by atoms with van der Waals surface area (Å²) >= 11 is 0. The van der Waals surface area contributed by atoms with Crippen molar-refractivity contribution in [1.82, 2.24) is 4.90 Å². The van der Waals surface area contributed by atoms with Crippen LogP contribution in [0.3, 0.4) is 0 Å². The molecule has 1 aliphatic carbocycles. The third-order valence-electron chi connectivity index (χ3n) is 5.19. The highest BCUT2D eigenvalue weighted by molar-refractivity contribution is 5.28. The van der Waals surface area contributed by atoms with E-state index in [0.717, 1.165) is 0 Å². The Bertz CT molecular complexity index is 429. The molecule has 0 bridgehead atoms. The topological polar surface area (TPSA) is 29.3 Å². The summed E-state index contributed by atoms with van der Waals surface area (Å²) in [5, 5.41) is 0. The average Bonchev–Trinajstić information content (AvgIpc) is 3.09. The van der Waals surface area contributed by atoms with E-state index in [9.17, 15) is 0 Å². The fourth-order valence-electron chi connectivity index (χ4n) is 4.15. The second-order valence-electron chi connectivity index (χ2n) is 6.40. The number of hydrogen-bond donors (Lipinski definition) is 1. The minimum atomic E-state index is 0.174. The Balaban J connectivity index is 1.91. The second kappa shape index (κ2) is 5.26. The maximum Gasteiger partial charge on any atom is 0.0482 e. The molecule has 1 unspecified atom stereocenters. The standard InChI is InChI=1S/C17H26N2/c1-14-7-6-8-15(13-14)16(18)17(9-2-3-10-17)19-11-4-5-12-19/h6-8,13,16H,2-5,9-12,18H2,1H3. The van der Waals surface area contributed by atoms with Gasteiger partial charge in [-0.2, -0.15) is 0 Å². The SMILES string of the molecule is Cc1cccc(C(N)C2(N3CCCC3)CCCC2)c1. The molecule has 1 atom stereocenters. The maximum atomic E-state index is 6.74. The van der Waals surface area contributed by atoms with E-state index < -0.39 is 0 Å². The van der Waals surface area contributed by atoms with E-state index in [0.29, 0.717) is 0 Å². The van der Waals surface area contributed by atoms with E-state index in [1.54, 1.807) is 0 Å². The zero-order chi connectivity index (χ0) is 13.3. The predicted octanol–water partition coefficient (Wildman–Crippen LogP) is 3.40. The largest absolute Gasteiger partial charge is 0.322 e. The fourth-order valence-corrected chi connectivity index (χ4v) is 4.15.